The Labute approximate surface area is 130 Å². The Morgan fingerprint density at radius 3 is 1.57 bits per heavy atom. The van der Waals surface area contributed by atoms with Crippen LogP contribution in [0.15, 0.2) is 60.7 Å². The molecule has 2 aromatic carbocycles. The number of carboxylic acids is 1. The van der Waals surface area contributed by atoms with E-state index in [2.05, 4.69) is 0 Å². The molecule has 2 rings (SSSR count). The lowest BCUT2D eigenvalue weighted by molar-refractivity contribution is -0.140. The maximum Gasteiger partial charge on any atom is 0.324 e. The van der Waals surface area contributed by atoms with Gasteiger partial charge in [-0.2, -0.15) is 0 Å². The van der Waals surface area contributed by atoms with E-state index in [9.17, 15) is 9.90 Å². The predicted molar refractivity (Wildman–Crippen MR) is 85.7 cm³/mol. The highest BCUT2D eigenvalue weighted by Gasteiger charge is 2.35. The van der Waals surface area contributed by atoms with Gasteiger partial charge in [-0.15, -0.1) is 11.6 Å². The molecule has 0 aromatic heterocycles. The lowest BCUT2D eigenvalue weighted by Crippen LogP contribution is -2.33. The van der Waals surface area contributed by atoms with Crippen LogP contribution in [-0.4, -0.2) is 16.0 Å². The molecule has 0 spiro atoms. The van der Waals surface area contributed by atoms with Crippen LogP contribution in [0.2, 0.25) is 0 Å². The SMILES string of the molecule is O=C(O)C(Cl)(CCc1ccccc1)CCc1ccccc1. The minimum atomic E-state index is -1.20. The largest absolute Gasteiger partial charge is 0.480 e. The first-order valence-electron chi connectivity index (χ1n) is 7.10. The van der Waals surface area contributed by atoms with Gasteiger partial charge < -0.3 is 5.11 Å². The summed E-state index contributed by atoms with van der Waals surface area (Å²) < 4.78 is 0. The molecule has 2 aromatic rings. The van der Waals surface area contributed by atoms with E-state index >= 15 is 0 Å². The average molecular weight is 303 g/mol. The third kappa shape index (κ3) is 4.61. The van der Waals surface area contributed by atoms with Gasteiger partial charge in [0.2, 0.25) is 0 Å². The van der Waals surface area contributed by atoms with Crippen LogP contribution in [0.1, 0.15) is 24.0 Å². The van der Waals surface area contributed by atoms with Crippen molar-refractivity contribution < 1.29 is 9.90 Å². The molecule has 21 heavy (non-hydrogen) atoms. The molecule has 0 saturated carbocycles. The number of benzene rings is 2. The monoisotopic (exact) mass is 302 g/mol. The van der Waals surface area contributed by atoms with Crippen molar-refractivity contribution in [1.82, 2.24) is 0 Å². The van der Waals surface area contributed by atoms with E-state index in [0.29, 0.717) is 25.7 Å². The summed E-state index contributed by atoms with van der Waals surface area (Å²) in [7, 11) is 0. The summed E-state index contributed by atoms with van der Waals surface area (Å²) in [6.45, 7) is 0. The number of carbonyl (C=O) groups is 1. The van der Waals surface area contributed by atoms with Crippen molar-refractivity contribution in [3.63, 3.8) is 0 Å². The van der Waals surface area contributed by atoms with Crippen LogP contribution >= 0.6 is 11.6 Å². The van der Waals surface area contributed by atoms with Gasteiger partial charge in [-0.05, 0) is 36.8 Å². The van der Waals surface area contributed by atoms with Gasteiger partial charge in [0.1, 0.15) is 4.87 Å². The molecule has 0 atom stereocenters. The van der Waals surface area contributed by atoms with Crippen molar-refractivity contribution in [2.75, 3.05) is 0 Å². The maximum absolute atomic E-state index is 11.5. The molecule has 0 aliphatic rings. The minimum Gasteiger partial charge on any atom is -0.480 e. The second-order valence-electron chi connectivity index (χ2n) is 5.24. The smallest absolute Gasteiger partial charge is 0.324 e. The predicted octanol–water partition coefficient (Wildman–Crippen LogP) is 4.31. The Hall–Kier alpha value is -1.80. The summed E-state index contributed by atoms with van der Waals surface area (Å²) in [6.07, 6.45) is 2.21. The third-order valence-electron chi connectivity index (χ3n) is 3.69. The van der Waals surface area contributed by atoms with Gasteiger partial charge in [-0.1, -0.05) is 60.7 Å². The fraction of sp³-hybridized carbons (Fsp3) is 0.278. The molecular formula is C18H19ClO2. The minimum absolute atomic E-state index is 0.431. The number of halogens is 1. The summed E-state index contributed by atoms with van der Waals surface area (Å²) in [5.41, 5.74) is 2.23. The first kappa shape index (κ1) is 15.6. The lowest BCUT2D eigenvalue weighted by Gasteiger charge is -2.22. The number of hydrogen-bond acceptors (Lipinski definition) is 1. The van der Waals surface area contributed by atoms with Crippen LogP contribution < -0.4 is 0 Å². The van der Waals surface area contributed by atoms with E-state index in [1.807, 2.05) is 60.7 Å². The number of rotatable bonds is 7. The number of hydrogen-bond donors (Lipinski definition) is 1. The second kappa shape index (κ2) is 7.28. The average Bonchev–Trinajstić information content (AvgIpc) is 2.53. The summed E-state index contributed by atoms with van der Waals surface area (Å²) >= 11 is 6.37. The fourth-order valence-electron chi connectivity index (χ4n) is 2.31. The molecule has 0 aliphatic heterocycles. The number of carboxylic acid groups (broad SMARTS) is 1. The number of alkyl halides is 1. The van der Waals surface area contributed by atoms with Crippen molar-refractivity contribution in [2.24, 2.45) is 0 Å². The standard InChI is InChI=1S/C18H19ClO2/c19-18(17(20)21,13-11-15-7-3-1-4-8-15)14-12-16-9-5-2-6-10-16/h1-10H,11-14H2,(H,20,21). The van der Waals surface area contributed by atoms with Crippen molar-refractivity contribution in [3.8, 4) is 0 Å². The van der Waals surface area contributed by atoms with Gasteiger partial charge in [-0.25, -0.2) is 0 Å². The molecule has 0 bridgehead atoms. The lowest BCUT2D eigenvalue weighted by atomic mass is 9.92. The summed E-state index contributed by atoms with van der Waals surface area (Å²) in [4.78, 5) is 10.3. The van der Waals surface area contributed by atoms with Gasteiger partial charge in [-0.3, -0.25) is 4.79 Å². The normalized spacial score (nSPS) is 11.3. The van der Waals surface area contributed by atoms with E-state index in [-0.39, 0.29) is 0 Å². The highest BCUT2D eigenvalue weighted by molar-refractivity contribution is 6.33. The quantitative estimate of drug-likeness (QED) is 0.774. The van der Waals surface area contributed by atoms with Gasteiger partial charge >= 0.3 is 5.97 Å². The molecule has 0 unspecified atom stereocenters. The molecule has 2 nitrogen and oxygen atoms in total. The zero-order valence-electron chi connectivity index (χ0n) is 11.8. The summed E-state index contributed by atoms with van der Waals surface area (Å²) in [5.74, 6) is -0.934. The number of aliphatic carboxylic acids is 1. The van der Waals surface area contributed by atoms with Crippen LogP contribution in [0.3, 0.4) is 0 Å². The Morgan fingerprint density at radius 2 is 1.24 bits per heavy atom. The van der Waals surface area contributed by atoms with Crippen molar-refractivity contribution in [2.45, 2.75) is 30.6 Å². The summed E-state index contributed by atoms with van der Waals surface area (Å²) in [5, 5.41) is 9.46. The molecule has 1 N–H and O–H groups in total. The molecule has 0 aliphatic carbocycles. The van der Waals surface area contributed by atoms with Crippen LogP contribution in [0.5, 0.6) is 0 Å². The molecule has 0 saturated heterocycles. The van der Waals surface area contributed by atoms with Gasteiger partial charge in [0, 0.05) is 0 Å². The number of aryl methyl sites for hydroxylation is 2. The first-order valence-corrected chi connectivity index (χ1v) is 7.48. The molecule has 0 radical (unpaired) electrons. The Morgan fingerprint density at radius 1 is 0.857 bits per heavy atom. The van der Waals surface area contributed by atoms with Crippen LogP contribution in [0.4, 0.5) is 0 Å². The molecule has 0 amide bonds. The molecule has 110 valence electrons. The molecule has 3 heteroatoms. The van der Waals surface area contributed by atoms with Crippen LogP contribution in [-0.2, 0) is 17.6 Å². The van der Waals surface area contributed by atoms with E-state index in [0.717, 1.165) is 11.1 Å². The Balaban J connectivity index is 1.97. The highest BCUT2D eigenvalue weighted by Crippen LogP contribution is 2.28. The third-order valence-corrected chi connectivity index (χ3v) is 4.23. The van der Waals surface area contributed by atoms with Crippen LogP contribution in [0.25, 0.3) is 0 Å². The van der Waals surface area contributed by atoms with E-state index in [1.165, 1.54) is 0 Å². The van der Waals surface area contributed by atoms with Crippen LogP contribution in [0, 0.1) is 0 Å². The zero-order chi connectivity index (χ0) is 15.1. The van der Waals surface area contributed by atoms with E-state index in [4.69, 9.17) is 11.6 Å². The molecular weight excluding hydrogens is 284 g/mol. The van der Waals surface area contributed by atoms with E-state index < -0.39 is 10.8 Å². The Kier molecular flexibility index (Phi) is 5.40. The van der Waals surface area contributed by atoms with E-state index in [1.54, 1.807) is 0 Å². The molecule has 0 heterocycles. The second-order valence-corrected chi connectivity index (χ2v) is 5.97. The zero-order valence-corrected chi connectivity index (χ0v) is 12.6. The van der Waals surface area contributed by atoms with Crippen molar-refractivity contribution >= 4 is 17.6 Å². The maximum atomic E-state index is 11.5. The summed E-state index contributed by atoms with van der Waals surface area (Å²) in [6, 6.07) is 19.7. The fourth-order valence-corrected chi connectivity index (χ4v) is 2.50. The molecule has 0 fully saturated rings. The van der Waals surface area contributed by atoms with Crippen molar-refractivity contribution in [3.05, 3.63) is 71.8 Å². The Bertz CT molecular complexity index is 523. The highest BCUT2D eigenvalue weighted by atomic mass is 35.5. The topological polar surface area (TPSA) is 37.3 Å². The first-order chi connectivity index (χ1) is 10.1. The van der Waals surface area contributed by atoms with Gasteiger partial charge in [0.25, 0.3) is 0 Å². The van der Waals surface area contributed by atoms with Gasteiger partial charge in [0.05, 0.1) is 0 Å². The van der Waals surface area contributed by atoms with Gasteiger partial charge in [0.15, 0.2) is 0 Å². The van der Waals surface area contributed by atoms with Crippen molar-refractivity contribution in [1.29, 1.82) is 0 Å².